The summed E-state index contributed by atoms with van der Waals surface area (Å²) in [5.41, 5.74) is 19.8. The highest BCUT2D eigenvalue weighted by molar-refractivity contribution is 5.93. The lowest BCUT2D eigenvalue weighted by atomic mass is 9.49. The van der Waals surface area contributed by atoms with Crippen molar-refractivity contribution in [2.45, 2.75) is 103 Å². The summed E-state index contributed by atoms with van der Waals surface area (Å²) >= 11 is 0. The standard InChI is InChI=1S/C50H74N8O/c1-31-32(2)46(56-25-17-52(12)18-26-56)34(4)36(6)48(58-29-21-54(14)22-30-58)38(8)40(10)49-39(9)37(7)47(57-27-19-53(13)20-28-57)35(5)33(3)45(31,55-23-15-51(11)16-24-55)41-42(46)44(48)50(49,59-49)43(41)47/h15-30H2,1-14H3/t45-,46+,47-,48+,49?,50?. The number of epoxide rings is 1. The van der Waals surface area contributed by atoms with Gasteiger partial charge in [-0.1, -0.05) is 0 Å². The summed E-state index contributed by atoms with van der Waals surface area (Å²) in [6.07, 6.45) is 0. The smallest absolute Gasteiger partial charge is 0.155 e. The molecule has 11 rings (SSSR count). The van der Waals surface area contributed by atoms with E-state index < -0.39 is 11.2 Å². The summed E-state index contributed by atoms with van der Waals surface area (Å²) < 4.78 is 8.25. The predicted octanol–water partition coefficient (Wildman–Crippen LogP) is 4.80. The molecule has 9 heteroatoms. The molecule has 11 aliphatic rings. The van der Waals surface area contributed by atoms with Gasteiger partial charge in [0.1, 0.15) is 5.60 Å². The number of nitrogens with zero attached hydrogens (tertiary/aromatic N) is 8. The summed E-state index contributed by atoms with van der Waals surface area (Å²) in [5.74, 6) is 0. The maximum Gasteiger partial charge on any atom is 0.155 e. The van der Waals surface area contributed by atoms with Crippen LogP contribution in [0.15, 0.2) is 78.0 Å². The molecule has 5 heterocycles. The molecule has 0 amide bonds. The molecule has 6 aliphatic carbocycles. The minimum absolute atomic E-state index is 0.338. The first kappa shape index (κ1) is 39.7. The van der Waals surface area contributed by atoms with Gasteiger partial charge in [0, 0.05) is 116 Å². The minimum atomic E-state index is -0.540. The van der Waals surface area contributed by atoms with Crippen LogP contribution in [0.1, 0.15) is 69.2 Å². The van der Waals surface area contributed by atoms with Crippen molar-refractivity contribution >= 4 is 0 Å². The summed E-state index contributed by atoms with van der Waals surface area (Å²) in [5, 5.41) is 0. The van der Waals surface area contributed by atoms with E-state index in [0.29, 0.717) is 0 Å². The second-order valence-electron chi connectivity index (χ2n) is 21.2. The van der Waals surface area contributed by atoms with Gasteiger partial charge in [0.15, 0.2) is 5.60 Å². The molecule has 5 saturated heterocycles. The van der Waals surface area contributed by atoms with E-state index >= 15 is 0 Å². The third-order valence-electron chi connectivity index (χ3n) is 19.8. The van der Waals surface area contributed by atoms with Gasteiger partial charge in [-0.15, -0.1) is 0 Å². The molecule has 5 aliphatic heterocycles. The molecule has 9 nitrogen and oxygen atoms in total. The largest absolute Gasteiger partial charge is 0.343 e. The van der Waals surface area contributed by atoms with E-state index in [1.54, 1.807) is 55.7 Å². The van der Waals surface area contributed by atoms with Crippen molar-refractivity contribution in [1.29, 1.82) is 0 Å². The van der Waals surface area contributed by atoms with E-state index in [9.17, 15) is 0 Å². The highest BCUT2D eigenvalue weighted by Gasteiger charge is 2.91. The van der Waals surface area contributed by atoms with Crippen molar-refractivity contribution in [3.05, 3.63) is 78.0 Å². The molecule has 0 N–H and O–H groups in total. The van der Waals surface area contributed by atoms with Crippen LogP contribution in [0.2, 0.25) is 0 Å². The number of hydrogen-bond acceptors (Lipinski definition) is 9. The second kappa shape index (κ2) is 12.3. The Morgan fingerprint density at radius 1 is 0.288 bits per heavy atom. The Morgan fingerprint density at radius 3 is 0.780 bits per heavy atom. The molecule has 0 aromatic carbocycles. The molecule has 59 heavy (non-hydrogen) atoms. The van der Waals surface area contributed by atoms with Crippen LogP contribution in [-0.4, -0.2) is 205 Å². The summed E-state index contributed by atoms with van der Waals surface area (Å²) in [7, 11) is 9.31. The molecule has 5 fully saturated rings. The Kier molecular flexibility index (Phi) is 8.26. The molecule has 2 unspecified atom stereocenters. The van der Waals surface area contributed by atoms with Gasteiger partial charge in [0.05, 0.1) is 22.2 Å². The van der Waals surface area contributed by atoms with Crippen molar-refractivity contribution in [2.75, 3.05) is 133 Å². The molecule has 1 spiro atoms. The zero-order valence-electron chi connectivity index (χ0n) is 39.3. The Bertz CT molecular complexity index is 2040. The number of piperazine rings is 4. The quantitative estimate of drug-likeness (QED) is 0.295. The molecule has 6 atom stereocenters. The molecule has 0 aromatic rings. The second-order valence-corrected chi connectivity index (χ2v) is 21.2. The van der Waals surface area contributed by atoms with E-state index in [1.165, 1.54) is 22.3 Å². The van der Waals surface area contributed by atoms with Crippen LogP contribution >= 0.6 is 0 Å². The van der Waals surface area contributed by atoms with Crippen molar-refractivity contribution in [3.63, 3.8) is 0 Å². The van der Waals surface area contributed by atoms with Crippen molar-refractivity contribution < 1.29 is 4.74 Å². The van der Waals surface area contributed by atoms with Gasteiger partial charge in [-0.05, 0) is 164 Å². The Balaban J connectivity index is 1.36. The average Bonchev–Trinajstić information content (AvgIpc) is 3.85. The van der Waals surface area contributed by atoms with Crippen molar-refractivity contribution in [1.82, 2.24) is 39.2 Å². The number of rotatable bonds is 4. The average molecular weight is 803 g/mol. The third-order valence-corrected chi connectivity index (χ3v) is 19.8. The van der Waals surface area contributed by atoms with Crippen LogP contribution in [0.5, 0.6) is 0 Å². The first-order valence-electron chi connectivity index (χ1n) is 23.4. The van der Waals surface area contributed by atoms with Gasteiger partial charge in [-0.2, -0.15) is 0 Å². The van der Waals surface area contributed by atoms with E-state index in [0.717, 1.165) is 105 Å². The molecular weight excluding hydrogens is 729 g/mol. The van der Waals surface area contributed by atoms with Gasteiger partial charge >= 0.3 is 0 Å². The zero-order valence-corrected chi connectivity index (χ0v) is 39.3. The van der Waals surface area contributed by atoms with E-state index in [4.69, 9.17) is 4.74 Å². The fourth-order valence-electron chi connectivity index (χ4n) is 16.4. The highest BCUT2D eigenvalue weighted by atomic mass is 16.6. The van der Waals surface area contributed by atoms with Crippen LogP contribution in [0.25, 0.3) is 0 Å². The fraction of sp³-hybridized carbons (Fsp3) is 0.720. The lowest BCUT2D eigenvalue weighted by molar-refractivity contribution is 0.0610. The topological polar surface area (TPSA) is 38.5 Å². The Morgan fingerprint density at radius 2 is 0.508 bits per heavy atom. The van der Waals surface area contributed by atoms with Gasteiger partial charge in [0.25, 0.3) is 0 Å². The van der Waals surface area contributed by atoms with Gasteiger partial charge < -0.3 is 24.3 Å². The van der Waals surface area contributed by atoms with E-state index in [1.807, 2.05) is 0 Å². The van der Waals surface area contributed by atoms with Crippen molar-refractivity contribution in [3.8, 4) is 0 Å². The van der Waals surface area contributed by atoms with Crippen LogP contribution in [-0.2, 0) is 4.74 Å². The van der Waals surface area contributed by atoms with Crippen LogP contribution in [0.4, 0.5) is 0 Å². The van der Waals surface area contributed by atoms with E-state index in [2.05, 4.69) is 137 Å². The normalized spacial score (nSPS) is 43.0. The summed E-state index contributed by atoms with van der Waals surface area (Å²) in [6, 6.07) is 0. The SMILES string of the molecule is CC1=C(C)[C@]2(N3CCN(C)CC3)C(C)=C(C)[C@]3(N4CCN(C)CC4)C(C)=C(C)[C@]4(N5CCN(C)CC5)C(C)=C(C)[C@]5(N6CCN(C)CC6)C(C)=C(C)C16OC61C2=C3C4=C15. The monoisotopic (exact) mass is 803 g/mol. The predicted molar refractivity (Wildman–Crippen MR) is 240 cm³/mol. The van der Waals surface area contributed by atoms with Crippen LogP contribution in [0, 0.1) is 0 Å². The molecule has 0 radical (unpaired) electrons. The molecule has 320 valence electrons. The van der Waals surface area contributed by atoms with Crippen LogP contribution in [0.3, 0.4) is 0 Å². The first-order valence-corrected chi connectivity index (χ1v) is 23.4. The highest BCUT2D eigenvalue weighted by Crippen LogP contribution is 2.85. The summed E-state index contributed by atoms with van der Waals surface area (Å²) in [4.78, 5) is 22.2. The zero-order chi connectivity index (χ0) is 41.7. The number of ether oxygens (including phenoxy) is 1. The molecule has 0 aromatic heterocycles. The Hall–Kier alpha value is -2.18. The first-order chi connectivity index (χ1) is 28.0. The van der Waals surface area contributed by atoms with Gasteiger partial charge in [-0.3, -0.25) is 19.6 Å². The minimum Gasteiger partial charge on any atom is -0.343 e. The van der Waals surface area contributed by atoms with Crippen LogP contribution < -0.4 is 0 Å². The maximum atomic E-state index is 8.25. The lowest BCUT2D eigenvalue weighted by Crippen LogP contribution is -2.70. The molecule has 0 saturated carbocycles. The fourth-order valence-corrected chi connectivity index (χ4v) is 16.4. The van der Waals surface area contributed by atoms with E-state index in [-0.39, 0.29) is 22.2 Å². The lowest BCUT2D eigenvalue weighted by Gasteiger charge is -2.65. The Labute approximate surface area is 356 Å². The number of likely N-dealkylation sites (N-methyl/N-ethyl adjacent to an activating group) is 4. The molecule has 0 bridgehead atoms. The van der Waals surface area contributed by atoms with Gasteiger partial charge in [0.2, 0.25) is 0 Å². The van der Waals surface area contributed by atoms with Gasteiger partial charge in [-0.25, -0.2) is 0 Å². The maximum absolute atomic E-state index is 8.25. The number of hydrogen-bond donors (Lipinski definition) is 0. The summed E-state index contributed by atoms with van der Waals surface area (Å²) in [6.45, 7) is 42.8. The van der Waals surface area contributed by atoms with Crippen molar-refractivity contribution in [2.24, 2.45) is 0 Å². The molecular formula is C50H74N8O. The third kappa shape index (κ3) is 3.93.